The summed E-state index contributed by atoms with van der Waals surface area (Å²) < 4.78 is 0. The molecule has 112 valence electrons. The monoisotopic (exact) mass is 264 g/mol. The van der Waals surface area contributed by atoms with Gasteiger partial charge in [0.2, 0.25) is 0 Å². The van der Waals surface area contributed by atoms with Crippen LogP contribution in [0.5, 0.6) is 0 Å². The van der Waals surface area contributed by atoms with Crippen molar-refractivity contribution < 1.29 is 0 Å². The Morgan fingerprint density at radius 3 is 2.16 bits per heavy atom. The Hall–Kier alpha value is 0. The SMILES string of the molecule is CC.CCC1CCC2C3CCCCC3CCC2C1C. The Morgan fingerprint density at radius 2 is 1.42 bits per heavy atom. The van der Waals surface area contributed by atoms with Crippen LogP contribution >= 0.6 is 0 Å². The van der Waals surface area contributed by atoms with Crippen molar-refractivity contribution in [2.24, 2.45) is 35.5 Å². The van der Waals surface area contributed by atoms with Gasteiger partial charge in [0.05, 0.1) is 0 Å². The Kier molecular flexibility index (Phi) is 5.78. The molecule has 19 heavy (non-hydrogen) atoms. The normalized spacial score (nSPS) is 45.5. The summed E-state index contributed by atoms with van der Waals surface area (Å²) in [6.45, 7) is 8.99. The van der Waals surface area contributed by atoms with E-state index in [1.54, 1.807) is 38.5 Å². The second-order valence-electron chi connectivity index (χ2n) is 7.22. The van der Waals surface area contributed by atoms with Gasteiger partial charge in [0.15, 0.2) is 0 Å². The summed E-state index contributed by atoms with van der Waals surface area (Å²) in [5.41, 5.74) is 0. The van der Waals surface area contributed by atoms with Gasteiger partial charge in [0, 0.05) is 0 Å². The molecule has 0 spiro atoms. The van der Waals surface area contributed by atoms with Crippen molar-refractivity contribution in [1.82, 2.24) is 0 Å². The van der Waals surface area contributed by atoms with Gasteiger partial charge in [-0.05, 0) is 67.6 Å². The van der Waals surface area contributed by atoms with Gasteiger partial charge in [-0.3, -0.25) is 0 Å². The predicted octanol–water partition coefficient (Wildman–Crippen LogP) is 6.30. The molecular weight excluding hydrogens is 228 g/mol. The van der Waals surface area contributed by atoms with E-state index in [-0.39, 0.29) is 0 Å². The molecule has 0 saturated heterocycles. The van der Waals surface area contributed by atoms with Crippen molar-refractivity contribution in [2.75, 3.05) is 0 Å². The predicted molar refractivity (Wildman–Crippen MR) is 85.2 cm³/mol. The fourth-order valence-electron chi connectivity index (χ4n) is 5.77. The maximum absolute atomic E-state index is 2.58. The van der Waals surface area contributed by atoms with Crippen LogP contribution in [0.25, 0.3) is 0 Å². The zero-order chi connectivity index (χ0) is 13.8. The first-order chi connectivity index (χ1) is 9.31. The molecular formula is C19H36. The second kappa shape index (κ2) is 7.14. The summed E-state index contributed by atoms with van der Waals surface area (Å²) in [5, 5.41) is 0. The van der Waals surface area contributed by atoms with E-state index in [0.29, 0.717) is 0 Å². The van der Waals surface area contributed by atoms with Crippen LogP contribution in [0, 0.1) is 35.5 Å². The summed E-state index contributed by atoms with van der Waals surface area (Å²) in [7, 11) is 0. The third-order valence-corrected chi connectivity index (χ3v) is 6.75. The van der Waals surface area contributed by atoms with Crippen molar-refractivity contribution in [2.45, 2.75) is 85.5 Å². The maximum atomic E-state index is 2.58. The lowest BCUT2D eigenvalue weighted by Crippen LogP contribution is -2.43. The summed E-state index contributed by atoms with van der Waals surface area (Å²) in [5.74, 6) is 6.59. The van der Waals surface area contributed by atoms with Crippen LogP contribution in [0.3, 0.4) is 0 Å². The van der Waals surface area contributed by atoms with Gasteiger partial charge in [-0.1, -0.05) is 53.4 Å². The van der Waals surface area contributed by atoms with Crippen molar-refractivity contribution in [3.8, 4) is 0 Å². The molecule has 3 aliphatic rings. The maximum Gasteiger partial charge on any atom is -0.0352 e. The van der Waals surface area contributed by atoms with Gasteiger partial charge in [0.25, 0.3) is 0 Å². The van der Waals surface area contributed by atoms with Crippen LogP contribution in [-0.4, -0.2) is 0 Å². The first-order valence-corrected chi connectivity index (χ1v) is 9.31. The number of rotatable bonds is 1. The van der Waals surface area contributed by atoms with Crippen molar-refractivity contribution in [3.05, 3.63) is 0 Å². The first kappa shape index (κ1) is 15.4. The molecule has 0 N–H and O–H groups in total. The van der Waals surface area contributed by atoms with Gasteiger partial charge < -0.3 is 0 Å². The third kappa shape index (κ3) is 3.03. The fourth-order valence-corrected chi connectivity index (χ4v) is 5.77. The lowest BCUT2D eigenvalue weighted by atomic mass is 9.53. The van der Waals surface area contributed by atoms with Crippen LogP contribution in [0.2, 0.25) is 0 Å². The highest BCUT2D eigenvalue weighted by Gasteiger charge is 2.45. The van der Waals surface area contributed by atoms with Crippen molar-refractivity contribution >= 4 is 0 Å². The van der Waals surface area contributed by atoms with Crippen LogP contribution < -0.4 is 0 Å². The van der Waals surface area contributed by atoms with E-state index in [1.807, 2.05) is 13.8 Å². The van der Waals surface area contributed by atoms with Crippen LogP contribution in [0.15, 0.2) is 0 Å². The average molecular weight is 264 g/mol. The van der Waals surface area contributed by atoms with E-state index < -0.39 is 0 Å². The average Bonchev–Trinajstić information content (AvgIpc) is 2.49. The highest BCUT2D eigenvalue weighted by molar-refractivity contribution is 4.95. The van der Waals surface area contributed by atoms with Gasteiger partial charge >= 0.3 is 0 Å². The summed E-state index contributed by atoms with van der Waals surface area (Å²) in [6, 6.07) is 0. The minimum absolute atomic E-state index is 1.03. The molecule has 0 heterocycles. The number of hydrogen-bond acceptors (Lipinski definition) is 0. The molecule has 0 aromatic rings. The third-order valence-electron chi connectivity index (χ3n) is 6.75. The lowest BCUT2D eigenvalue weighted by molar-refractivity contribution is -0.0224. The molecule has 0 aromatic carbocycles. The van der Waals surface area contributed by atoms with E-state index in [2.05, 4.69) is 13.8 Å². The van der Waals surface area contributed by atoms with E-state index >= 15 is 0 Å². The van der Waals surface area contributed by atoms with Crippen molar-refractivity contribution in [3.63, 3.8) is 0 Å². The molecule has 6 atom stereocenters. The molecule has 0 heteroatoms. The highest BCUT2D eigenvalue weighted by atomic mass is 14.5. The first-order valence-electron chi connectivity index (χ1n) is 9.31. The molecule has 3 rings (SSSR count). The Morgan fingerprint density at radius 1 is 0.737 bits per heavy atom. The molecule has 6 unspecified atom stereocenters. The second-order valence-corrected chi connectivity index (χ2v) is 7.22. The number of hydrogen-bond donors (Lipinski definition) is 0. The number of fused-ring (bicyclic) bond motifs is 3. The van der Waals surface area contributed by atoms with Crippen molar-refractivity contribution in [1.29, 1.82) is 0 Å². The smallest absolute Gasteiger partial charge is 0.0352 e. The van der Waals surface area contributed by atoms with E-state index in [0.717, 1.165) is 35.5 Å². The van der Waals surface area contributed by atoms with Gasteiger partial charge in [0.1, 0.15) is 0 Å². The van der Waals surface area contributed by atoms with Gasteiger partial charge in [-0.15, -0.1) is 0 Å². The van der Waals surface area contributed by atoms with E-state index in [9.17, 15) is 0 Å². The molecule has 3 fully saturated rings. The molecule has 0 amide bonds. The summed E-state index contributed by atoms with van der Waals surface area (Å²) in [6.07, 6.45) is 13.9. The topological polar surface area (TPSA) is 0 Å². The van der Waals surface area contributed by atoms with E-state index in [1.165, 1.54) is 19.3 Å². The highest BCUT2D eigenvalue weighted by Crippen LogP contribution is 2.54. The zero-order valence-corrected chi connectivity index (χ0v) is 13.8. The van der Waals surface area contributed by atoms with Gasteiger partial charge in [-0.25, -0.2) is 0 Å². The standard InChI is InChI=1S/C17H30.C2H6/c1-3-13-8-11-17-15(12(13)2)10-9-14-6-4-5-7-16(14)17;1-2/h12-17H,3-11H2,1-2H3;1-2H3. The molecule has 0 bridgehead atoms. The summed E-state index contributed by atoms with van der Waals surface area (Å²) >= 11 is 0. The molecule has 3 aliphatic carbocycles. The van der Waals surface area contributed by atoms with Crippen LogP contribution in [0.1, 0.15) is 85.5 Å². The molecule has 0 radical (unpaired) electrons. The Labute approximate surface area is 121 Å². The minimum atomic E-state index is 1.03. The zero-order valence-electron chi connectivity index (χ0n) is 13.8. The summed E-state index contributed by atoms with van der Waals surface area (Å²) in [4.78, 5) is 0. The lowest BCUT2D eigenvalue weighted by Gasteiger charge is -2.52. The molecule has 3 saturated carbocycles. The molecule has 0 aromatic heterocycles. The van der Waals surface area contributed by atoms with Crippen LogP contribution in [0.4, 0.5) is 0 Å². The van der Waals surface area contributed by atoms with Crippen LogP contribution in [-0.2, 0) is 0 Å². The Balaban J connectivity index is 0.000000637. The molecule has 0 aliphatic heterocycles. The fraction of sp³-hybridized carbons (Fsp3) is 1.00. The quantitative estimate of drug-likeness (QED) is 0.521. The largest absolute Gasteiger partial charge is 0.0683 e. The van der Waals surface area contributed by atoms with Gasteiger partial charge in [-0.2, -0.15) is 0 Å². The van der Waals surface area contributed by atoms with E-state index in [4.69, 9.17) is 0 Å². The Bertz CT molecular complexity index is 257. The molecule has 0 nitrogen and oxygen atoms in total. The minimum Gasteiger partial charge on any atom is -0.0683 e.